The highest BCUT2D eigenvalue weighted by Crippen LogP contribution is 2.29. The predicted molar refractivity (Wildman–Crippen MR) is 75.6 cm³/mol. The number of hydrogen-bond acceptors (Lipinski definition) is 3. The molecule has 1 atom stereocenters. The summed E-state index contributed by atoms with van der Waals surface area (Å²) >= 11 is 6.02. The van der Waals surface area contributed by atoms with Crippen LogP contribution in [0.15, 0.2) is 24.7 Å². The van der Waals surface area contributed by atoms with Crippen LogP contribution < -0.4 is 5.32 Å². The highest BCUT2D eigenvalue weighted by Gasteiger charge is 2.25. The van der Waals surface area contributed by atoms with Crippen molar-refractivity contribution in [2.75, 3.05) is 0 Å². The molecular formula is C14H15ClN4O. The Balaban J connectivity index is 1.83. The summed E-state index contributed by atoms with van der Waals surface area (Å²) in [5.41, 5.74) is 2.70. The van der Waals surface area contributed by atoms with Crippen LogP contribution in [0, 0.1) is 0 Å². The van der Waals surface area contributed by atoms with Gasteiger partial charge in [0.15, 0.2) is 0 Å². The van der Waals surface area contributed by atoms with Crippen molar-refractivity contribution >= 4 is 17.5 Å². The first kappa shape index (κ1) is 13.1. The maximum absolute atomic E-state index is 12.3. The smallest absolute Gasteiger partial charge is 0.254 e. The van der Waals surface area contributed by atoms with Crippen molar-refractivity contribution in [3.05, 3.63) is 46.5 Å². The van der Waals surface area contributed by atoms with E-state index in [1.54, 1.807) is 12.3 Å². The Morgan fingerprint density at radius 2 is 2.35 bits per heavy atom. The van der Waals surface area contributed by atoms with E-state index in [1.807, 2.05) is 17.9 Å². The predicted octanol–water partition coefficient (Wildman–Crippen LogP) is 2.28. The van der Waals surface area contributed by atoms with Crippen molar-refractivity contribution in [1.82, 2.24) is 20.1 Å². The molecule has 104 valence electrons. The zero-order chi connectivity index (χ0) is 14.1. The lowest BCUT2D eigenvalue weighted by Crippen LogP contribution is -2.31. The zero-order valence-electron chi connectivity index (χ0n) is 11.1. The summed E-state index contributed by atoms with van der Waals surface area (Å²) < 4.78 is 1.88. The number of carbonyl (C=O) groups is 1. The summed E-state index contributed by atoms with van der Waals surface area (Å²) in [6.45, 7) is 0. The van der Waals surface area contributed by atoms with Gasteiger partial charge in [0.25, 0.3) is 5.91 Å². The number of carbonyl (C=O) groups excluding carboxylic acids is 1. The van der Waals surface area contributed by atoms with Crippen LogP contribution in [0.3, 0.4) is 0 Å². The molecule has 20 heavy (non-hydrogen) atoms. The van der Waals surface area contributed by atoms with E-state index in [4.69, 9.17) is 11.6 Å². The van der Waals surface area contributed by atoms with E-state index in [2.05, 4.69) is 15.4 Å². The number of nitrogens with one attached hydrogen (secondary N) is 1. The molecule has 6 heteroatoms. The van der Waals surface area contributed by atoms with Crippen LogP contribution in [-0.4, -0.2) is 20.7 Å². The molecule has 1 amide bonds. The number of halogens is 1. The van der Waals surface area contributed by atoms with Crippen molar-refractivity contribution in [2.24, 2.45) is 7.05 Å². The normalized spacial score (nSPS) is 17.6. The summed E-state index contributed by atoms with van der Waals surface area (Å²) in [6, 6.07) is 1.61. The Morgan fingerprint density at radius 3 is 3.15 bits per heavy atom. The van der Waals surface area contributed by atoms with Crippen LogP contribution in [0.2, 0.25) is 5.02 Å². The van der Waals surface area contributed by atoms with Crippen LogP contribution in [0.1, 0.15) is 40.5 Å². The lowest BCUT2D eigenvalue weighted by molar-refractivity contribution is 0.0932. The number of aryl methyl sites for hydroxylation is 1. The number of pyridine rings is 1. The van der Waals surface area contributed by atoms with Crippen molar-refractivity contribution in [3.63, 3.8) is 0 Å². The topological polar surface area (TPSA) is 59.8 Å². The summed E-state index contributed by atoms with van der Waals surface area (Å²) in [7, 11) is 1.93. The number of aromatic nitrogens is 3. The van der Waals surface area contributed by atoms with Gasteiger partial charge in [0.1, 0.15) is 0 Å². The number of nitrogens with zero attached hydrogens (tertiary/aromatic N) is 3. The summed E-state index contributed by atoms with van der Waals surface area (Å²) in [6.07, 6.45) is 7.86. The van der Waals surface area contributed by atoms with Crippen molar-refractivity contribution < 1.29 is 4.79 Å². The molecule has 1 N–H and O–H groups in total. The molecule has 1 aliphatic carbocycles. The first-order valence-corrected chi connectivity index (χ1v) is 6.95. The van der Waals surface area contributed by atoms with Gasteiger partial charge in [-0.05, 0) is 25.3 Å². The Labute approximate surface area is 122 Å². The number of hydrogen-bond donors (Lipinski definition) is 1. The van der Waals surface area contributed by atoms with Gasteiger partial charge in [0, 0.05) is 30.7 Å². The fourth-order valence-corrected chi connectivity index (χ4v) is 2.83. The molecule has 0 aliphatic heterocycles. The molecule has 2 aromatic heterocycles. The molecule has 2 heterocycles. The quantitative estimate of drug-likeness (QED) is 0.923. The Morgan fingerprint density at radius 1 is 1.50 bits per heavy atom. The monoisotopic (exact) mass is 290 g/mol. The second-order valence-electron chi connectivity index (χ2n) is 4.94. The number of fused-ring (bicyclic) bond motifs is 1. The standard InChI is InChI=1S/C14H15ClN4O/c1-19-13-4-2-3-12(10(13)8-17-19)18-14(20)9-7-16-6-5-11(9)15/h5-8,12H,2-4H2,1H3,(H,18,20). The second kappa shape index (κ2) is 5.25. The van der Waals surface area contributed by atoms with E-state index in [0.717, 1.165) is 24.8 Å². The minimum Gasteiger partial charge on any atom is -0.345 e. The van der Waals surface area contributed by atoms with Gasteiger partial charge in [-0.2, -0.15) is 5.10 Å². The third kappa shape index (κ3) is 2.29. The molecule has 0 fully saturated rings. The molecule has 1 aliphatic rings. The molecule has 0 radical (unpaired) electrons. The van der Waals surface area contributed by atoms with Gasteiger partial charge in [-0.15, -0.1) is 0 Å². The lowest BCUT2D eigenvalue weighted by Gasteiger charge is -2.23. The van der Waals surface area contributed by atoms with Crippen molar-refractivity contribution in [1.29, 1.82) is 0 Å². The molecule has 0 aromatic carbocycles. The fourth-order valence-electron chi connectivity index (χ4n) is 2.64. The highest BCUT2D eigenvalue weighted by molar-refractivity contribution is 6.33. The van der Waals surface area contributed by atoms with E-state index < -0.39 is 0 Å². The first-order chi connectivity index (χ1) is 9.66. The zero-order valence-corrected chi connectivity index (χ0v) is 11.9. The minimum absolute atomic E-state index is 0.00350. The number of rotatable bonds is 2. The van der Waals surface area contributed by atoms with Crippen LogP contribution >= 0.6 is 11.6 Å². The maximum atomic E-state index is 12.3. The van der Waals surface area contributed by atoms with E-state index >= 15 is 0 Å². The molecule has 2 aromatic rings. The third-order valence-corrected chi connectivity index (χ3v) is 4.02. The molecule has 0 spiro atoms. The van der Waals surface area contributed by atoms with Gasteiger partial charge in [-0.1, -0.05) is 11.6 Å². The molecule has 0 saturated carbocycles. The van der Waals surface area contributed by atoms with Gasteiger partial charge in [0.05, 0.1) is 22.8 Å². The average Bonchev–Trinajstić information content (AvgIpc) is 2.82. The van der Waals surface area contributed by atoms with Gasteiger partial charge in [0.2, 0.25) is 0 Å². The molecule has 0 bridgehead atoms. The molecule has 1 unspecified atom stereocenters. The summed E-state index contributed by atoms with van der Waals surface area (Å²) in [5, 5.41) is 7.72. The van der Waals surface area contributed by atoms with Gasteiger partial charge in [-0.25, -0.2) is 0 Å². The van der Waals surface area contributed by atoms with Crippen LogP contribution in [0.25, 0.3) is 0 Å². The Hall–Kier alpha value is -1.88. The fraction of sp³-hybridized carbons (Fsp3) is 0.357. The minimum atomic E-state index is -0.190. The molecular weight excluding hydrogens is 276 g/mol. The van der Waals surface area contributed by atoms with E-state index in [-0.39, 0.29) is 11.9 Å². The lowest BCUT2D eigenvalue weighted by atomic mass is 9.93. The maximum Gasteiger partial charge on any atom is 0.254 e. The highest BCUT2D eigenvalue weighted by atomic mass is 35.5. The largest absolute Gasteiger partial charge is 0.345 e. The summed E-state index contributed by atoms with van der Waals surface area (Å²) in [5.74, 6) is -0.190. The van der Waals surface area contributed by atoms with Crippen LogP contribution in [0.4, 0.5) is 0 Å². The van der Waals surface area contributed by atoms with Crippen molar-refractivity contribution in [3.8, 4) is 0 Å². The molecule has 3 rings (SSSR count). The SMILES string of the molecule is Cn1ncc2c1CCCC2NC(=O)c1cnccc1Cl. The van der Waals surface area contributed by atoms with E-state index in [9.17, 15) is 4.79 Å². The van der Waals surface area contributed by atoms with Gasteiger partial charge < -0.3 is 5.32 Å². The molecule has 0 saturated heterocycles. The van der Waals surface area contributed by atoms with Gasteiger partial charge in [-0.3, -0.25) is 14.5 Å². The second-order valence-corrected chi connectivity index (χ2v) is 5.35. The first-order valence-electron chi connectivity index (χ1n) is 6.58. The number of amides is 1. The van der Waals surface area contributed by atoms with Crippen LogP contribution in [-0.2, 0) is 13.5 Å². The van der Waals surface area contributed by atoms with Crippen LogP contribution in [0.5, 0.6) is 0 Å². The van der Waals surface area contributed by atoms with E-state index in [0.29, 0.717) is 10.6 Å². The Bertz CT molecular complexity index is 652. The van der Waals surface area contributed by atoms with E-state index in [1.165, 1.54) is 11.9 Å². The summed E-state index contributed by atoms with van der Waals surface area (Å²) in [4.78, 5) is 16.2. The van der Waals surface area contributed by atoms with Crippen molar-refractivity contribution in [2.45, 2.75) is 25.3 Å². The van der Waals surface area contributed by atoms with Gasteiger partial charge >= 0.3 is 0 Å². The molecule has 5 nitrogen and oxygen atoms in total. The third-order valence-electron chi connectivity index (χ3n) is 3.69. The Kier molecular flexibility index (Phi) is 3.44. The average molecular weight is 291 g/mol.